The normalized spacial score (nSPS) is 23.9. The number of halogens is 2. The van der Waals surface area contributed by atoms with E-state index in [-0.39, 0.29) is 24.7 Å². The lowest BCUT2D eigenvalue weighted by molar-refractivity contribution is -0.134. The van der Waals surface area contributed by atoms with E-state index >= 15 is 0 Å². The summed E-state index contributed by atoms with van der Waals surface area (Å²) in [5, 5.41) is 2.85. The minimum atomic E-state index is -1.25. The third-order valence-corrected chi connectivity index (χ3v) is 2.81. The molecule has 5 heteroatoms. The summed E-state index contributed by atoms with van der Waals surface area (Å²) in [5.41, 5.74) is -1.25. The van der Waals surface area contributed by atoms with Crippen molar-refractivity contribution in [3.05, 3.63) is 0 Å². The largest absolute Gasteiger partial charge is 0.343 e. The average molecular weight is 223 g/mol. The van der Waals surface area contributed by atoms with E-state index in [1.807, 2.05) is 0 Å². The molecular weight excluding hydrogens is 207 g/mol. The molecule has 14 heavy (non-hydrogen) atoms. The highest BCUT2D eigenvalue weighted by Crippen LogP contribution is 2.23. The van der Waals surface area contributed by atoms with Gasteiger partial charge in [0.1, 0.15) is 5.67 Å². The molecule has 2 saturated heterocycles. The Morgan fingerprint density at radius 3 is 2.36 bits per heavy atom. The van der Waals surface area contributed by atoms with Crippen LogP contribution in [0, 0.1) is 0 Å². The van der Waals surface area contributed by atoms with Gasteiger partial charge < -0.3 is 10.2 Å². The molecule has 0 spiro atoms. The predicted octanol–water partition coefficient (Wildman–Crippen LogP) is 0.732. The van der Waals surface area contributed by atoms with Crippen molar-refractivity contribution in [2.45, 2.75) is 24.9 Å². The predicted molar refractivity (Wildman–Crippen MR) is 54.4 cm³/mol. The van der Waals surface area contributed by atoms with Gasteiger partial charge in [-0.05, 0) is 12.8 Å². The molecule has 1 amide bonds. The summed E-state index contributed by atoms with van der Waals surface area (Å²) in [6.07, 6.45) is 2.21. The molecule has 2 rings (SSSR count). The second-order valence-corrected chi connectivity index (χ2v) is 4.02. The first kappa shape index (κ1) is 11.7. The molecule has 0 aromatic rings. The Bertz CT molecular complexity index is 215. The summed E-state index contributed by atoms with van der Waals surface area (Å²) < 4.78 is 13.5. The van der Waals surface area contributed by atoms with Gasteiger partial charge in [-0.1, -0.05) is 0 Å². The molecule has 0 atom stereocenters. The Hall–Kier alpha value is -0.350. The summed E-state index contributed by atoms with van der Waals surface area (Å²) in [4.78, 5) is 13.3. The maximum absolute atomic E-state index is 13.5. The van der Waals surface area contributed by atoms with Crippen LogP contribution in [-0.2, 0) is 4.79 Å². The van der Waals surface area contributed by atoms with Gasteiger partial charge in [-0.3, -0.25) is 4.79 Å². The highest BCUT2D eigenvalue weighted by molar-refractivity contribution is 5.85. The molecule has 0 saturated carbocycles. The molecule has 0 radical (unpaired) electrons. The van der Waals surface area contributed by atoms with Gasteiger partial charge in [0, 0.05) is 26.2 Å². The van der Waals surface area contributed by atoms with Gasteiger partial charge >= 0.3 is 0 Å². The molecule has 0 aliphatic carbocycles. The minimum absolute atomic E-state index is 0. The first-order valence-corrected chi connectivity index (χ1v) is 4.87. The molecular formula is C9H16ClFN2O. The van der Waals surface area contributed by atoms with Crippen LogP contribution in [0.2, 0.25) is 0 Å². The van der Waals surface area contributed by atoms with E-state index in [0.29, 0.717) is 13.1 Å². The lowest BCUT2D eigenvalue weighted by Gasteiger charge is -2.35. The van der Waals surface area contributed by atoms with Gasteiger partial charge in [0.15, 0.2) is 0 Å². The van der Waals surface area contributed by atoms with E-state index in [0.717, 1.165) is 25.9 Å². The van der Waals surface area contributed by atoms with Gasteiger partial charge in [-0.2, -0.15) is 0 Å². The highest BCUT2D eigenvalue weighted by atomic mass is 35.5. The Balaban J connectivity index is 0.000000980. The van der Waals surface area contributed by atoms with E-state index < -0.39 is 5.67 Å². The van der Waals surface area contributed by atoms with Crippen LogP contribution in [0.4, 0.5) is 4.39 Å². The number of carbonyl (C=O) groups excluding carboxylic acids is 1. The van der Waals surface area contributed by atoms with Gasteiger partial charge in [0.25, 0.3) is 0 Å². The van der Waals surface area contributed by atoms with E-state index in [4.69, 9.17) is 0 Å². The number of hydrogen-bond acceptors (Lipinski definition) is 2. The molecule has 0 bridgehead atoms. The monoisotopic (exact) mass is 222 g/mol. The molecule has 0 unspecified atom stereocenters. The Kier molecular flexibility index (Phi) is 3.72. The Morgan fingerprint density at radius 2 is 1.93 bits per heavy atom. The van der Waals surface area contributed by atoms with Crippen molar-refractivity contribution in [3.8, 4) is 0 Å². The summed E-state index contributed by atoms with van der Waals surface area (Å²) in [6.45, 7) is 2.32. The second-order valence-electron chi connectivity index (χ2n) is 4.02. The molecule has 3 nitrogen and oxygen atoms in total. The standard InChI is InChI=1S/C9H15FN2O.ClH/c10-9(6-11-7-9)5-8(13)12-3-1-2-4-12;/h11H,1-7H2;1H. The maximum atomic E-state index is 13.5. The molecule has 0 aromatic carbocycles. The van der Waals surface area contributed by atoms with Crippen molar-refractivity contribution in [1.82, 2.24) is 10.2 Å². The van der Waals surface area contributed by atoms with E-state index in [9.17, 15) is 9.18 Å². The highest BCUT2D eigenvalue weighted by Gasteiger charge is 2.40. The van der Waals surface area contributed by atoms with Crippen molar-refractivity contribution in [2.24, 2.45) is 0 Å². The van der Waals surface area contributed by atoms with Gasteiger partial charge in [-0.25, -0.2) is 4.39 Å². The Labute approximate surface area is 89.4 Å². The van der Waals surface area contributed by atoms with Crippen LogP contribution in [-0.4, -0.2) is 42.7 Å². The third-order valence-electron chi connectivity index (χ3n) is 2.81. The third kappa shape index (κ3) is 2.36. The molecule has 2 fully saturated rings. The number of carbonyl (C=O) groups is 1. The minimum Gasteiger partial charge on any atom is -0.343 e. The molecule has 0 aromatic heterocycles. The Morgan fingerprint density at radius 1 is 1.36 bits per heavy atom. The van der Waals surface area contributed by atoms with Crippen molar-refractivity contribution in [1.29, 1.82) is 0 Å². The summed E-state index contributed by atoms with van der Waals surface area (Å²) in [6, 6.07) is 0. The number of amides is 1. The molecule has 2 aliphatic heterocycles. The molecule has 2 heterocycles. The van der Waals surface area contributed by atoms with Crippen LogP contribution >= 0.6 is 12.4 Å². The topological polar surface area (TPSA) is 32.3 Å². The van der Waals surface area contributed by atoms with E-state index in [1.54, 1.807) is 4.90 Å². The van der Waals surface area contributed by atoms with E-state index in [2.05, 4.69) is 5.32 Å². The van der Waals surface area contributed by atoms with Gasteiger partial charge in [0.05, 0.1) is 6.42 Å². The zero-order chi connectivity index (χ0) is 9.31. The van der Waals surface area contributed by atoms with Crippen molar-refractivity contribution >= 4 is 18.3 Å². The van der Waals surface area contributed by atoms with Crippen LogP contribution in [0.1, 0.15) is 19.3 Å². The fourth-order valence-corrected chi connectivity index (χ4v) is 1.87. The van der Waals surface area contributed by atoms with Crippen molar-refractivity contribution in [2.75, 3.05) is 26.2 Å². The first-order chi connectivity index (χ1) is 6.20. The van der Waals surface area contributed by atoms with Crippen LogP contribution < -0.4 is 5.32 Å². The zero-order valence-electron chi connectivity index (χ0n) is 8.09. The molecule has 2 aliphatic rings. The van der Waals surface area contributed by atoms with E-state index in [1.165, 1.54) is 0 Å². The zero-order valence-corrected chi connectivity index (χ0v) is 8.91. The van der Waals surface area contributed by atoms with Crippen LogP contribution in [0.25, 0.3) is 0 Å². The molecule has 82 valence electrons. The summed E-state index contributed by atoms with van der Waals surface area (Å²) >= 11 is 0. The van der Waals surface area contributed by atoms with Gasteiger partial charge in [-0.15, -0.1) is 12.4 Å². The van der Waals surface area contributed by atoms with Crippen LogP contribution in [0.5, 0.6) is 0 Å². The van der Waals surface area contributed by atoms with Crippen LogP contribution in [0.15, 0.2) is 0 Å². The SMILES string of the molecule is Cl.O=C(CC1(F)CNC1)N1CCCC1. The fraction of sp³-hybridized carbons (Fsp3) is 0.889. The second kappa shape index (κ2) is 4.45. The first-order valence-electron chi connectivity index (χ1n) is 4.87. The van der Waals surface area contributed by atoms with Gasteiger partial charge in [0.2, 0.25) is 5.91 Å². The lowest BCUT2D eigenvalue weighted by Crippen LogP contribution is -2.58. The number of hydrogen-bond donors (Lipinski definition) is 1. The number of rotatable bonds is 2. The number of likely N-dealkylation sites (tertiary alicyclic amines) is 1. The number of nitrogens with zero attached hydrogens (tertiary/aromatic N) is 1. The summed E-state index contributed by atoms with van der Waals surface area (Å²) in [7, 11) is 0. The quantitative estimate of drug-likeness (QED) is 0.747. The number of alkyl halides is 1. The maximum Gasteiger partial charge on any atom is 0.225 e. The smallest absolute Gasteiger partial charge is 0.225 e. The fourth-order valence-electron chi connectivity index (χ4n) is 1.87. The van der Waals surface area contributed by atoms with Crippen molar-refractivity contribution < 1.29 is 9.18 Å². The number of nitrogens with one attached hydrogen (secondary N) is 1. The lowest BCUT2D eigenvalue weighted by atomic mass is 9.95. The van der Waals surface area contributed by atoms with Crippen molar-refractivity contribution in [3.63, 3.8) is 0 Å². The summed E-state index contributed by atoms with van der Waals surface area (Å²) in [5.74, 6) is -0.0125. The molecule has 1 N–H and O–H groups in total. The van der Waals surface area contributed by atoms with Crippen LogP contribution in [0.3, 0.4) is 0 Å². The average Bonchev–Trinajstić information content (AvgIpc) is 2.53.